The number of hydrogen-bond donors (Lipinski definition) is 0. The van der Waals surface area contributed by atoms with Gasteiger partial charge in [0.2, 0.25) is 0 Å². The number of imide groups is 1. The van der Waals surface area contributed by atoms with Gasteiger partial charge in [-0.15, -0.1) is 0 Å². The molecule has 1 saturated heterocycles. The van der Waals surface area contributed by atoms with Crippen molar-refractivity contribution in [3.63, 3.8) is 0 Å². The van der Waals surface area contributed by atoms with Crippen LogP contribution in [0.1, 0.15) is 16.7 Å². The van der Waals surface area contributed by atoms with Crippen LogP contribution in [0.2, 0.25) is 5.02 Å². The molecule has 0 saturated carbocycles. The van der Waals surface area contributed by atoms with E-state index in [4.69, 9.17) is 20.5 Å². The second kappa shape index (κ2) is 10.2. The van der Waals surface area contributed by atoms with Gasteiger partial charge >= 0.3 is 10.1 Å². The van der Waals surface area contributed by atoms with Gasteiger partial charge in [-0.25, -0.2) is 0 Å². The number of carbonyl (C=O) groups excluding carboxylic acids is 2. The van der Waals surface area contributed by atoms with Crippen LogP contribution in [0.4, 0.5) is 4.79 Å². The lowest BCUT2D eigenvalue weighted by Crippen LogP contribution is -2.27. The summed E-state index contributed by atoms with van der Waals surface area (Å²) in [6, 6.07) is 17.8. The number of benzene rings is 3. The highest BCUT2D eigenvalue weighted by atomic mass is 35.5. The van der Waals surface area contributed by atoms with Gasteiger partial charge in [0.1, 0.15) is 4.90 Å². The van der Waals surface area contributed by atoms with E-state index >= 15 is 0 Å². The molecule has 0 spiro atoms. The molecule has 0 unspecified atom stereocenters. The van der Waals surface area contributed by atoms with Gasteiger partial charge in [-0.1, -0.05) is 53.6 Å². The molecular formula is C25H20ClNO6S2. The van der Waals surface area contributed by atoms with Gasteiger partial charge in [0.05, 0.1) is 18.6 Å². The van der Waals surface area contributed by atoms with E-state index in [1.807, 2.05) is 31.2 Å². The quantitative estimate of drug-likeness (QED) is 0.288. The van der Waals surface area contributed by atoms with Crippen molar-refractivity contribution in [3.05, 3.63) is 93.3 Å². The maximum Gasteiger partial charge on any atom is 0.339 e. The van der Waals surface area contributed by atoms with Crippen LogP contribution in [-0.4, -0.2) is 31.6 Å². The first-order valence-electron chi connectivity index (χ1n) is 10.4. The number of para-hydroxylation sites is 1. The molecule has 7 nitrogen and oxygen atoms in total. The number of rotatable bonds is 7. The van der Waals surface area contributed by atoms with Gasteiger partial charge in [0, 0.05) is 10.6 Å². The van der Waals surface area contributed by atoms with Crippen LogP contribution < -0.4 is 8.92 Å². The number of ether oxygens (including phenoxy) is 1. The lowest BCUT2D eigenvalue weighted by atomic mass is 10.1. The third-order valence-electron chi connectivity index (χ3n) is 5.15. The predicted molar refractivity (Wildman–Crippen MR) is 135 cm³/mol. The Morgan fingerprint density at radius 2 is 1.69 bits per heavy atom. The van der Waals surface area contributed by atoms with Gasteiger partial charge in [0.15, 0.2) is 11.5 Å². The van der Waals surface area contributed by atoms with Gasteiger partial charge in [0.25, 0.3) is 11.1 Å². The molecule has 0 radical (unpaired) electrons. The molecular weight excluding hydrogens is 510 g/mol. The van der Waals surface area contributed by atoms with Crippen LogP contribution in [0.25, 0.3) is 6.08 Å². The van der Waals surface area contributed by atoms with Gasteiger partial charge in [-0.3, -0.25) is 14.5 Å². The molecule has 35 heavy (non-hydrogen) atoms. The van der Waals surface area contributed by atoms with Crippen molar-refractivity contribution in [2.45, 2.75) is 18.4 Å². The molecule has 1 aliphatic rings. The molecule has 10 heteroatoms. The fourth-order valence-electron chi connectivity index (χ4n) is 3.31. The van der Waals surface area contributed by atoms with Crippen molar-refractivity contribution in [2.24, 2.45) is 0 Å². The van der Waals surface area contributed by atoms with Crippen LogP contribution in [0.15, 0.2) is 76.5 Å². The monoisotopic (exact) mass is 529 g/mol. The largest absolute Gasteiger partial charge is 0.493 e. The molecule has 0 aromatic heterocycles. The number of nitrogens with zero attached hydrogens (tertiary/aromatic N) is 1. The van der Waals surface area contributed by atoms with Crippen molar-refractivity contribution >= 4 is 50.7 Å². The summed E-state index contributed by atoms with van der Waals surface area (Å²) in [5.41, 5.74) is 2.16. The van der Waals surface area contributed by atoms with E-state index in [0.29, 0.717) is 5.02 Å². The molecule has 0 aliphatic carbocycles. The molecule has 180 valence electrons. The first kappa shape index (κ1) is 24.8. The highest BCUT2D eigenvalue weighted by molar-refractivity contribution is 8.18. The zero-order chi connectivity index (χ0) is 25.2. The van der Waals surface area contributed by atoms with E-state index in [0.717, 1.165) is 27.8 Å². The Morgan fingerprint density at radius 3 is 2.34 bits per heavy atom. The van der Waals surface area contributed by atoms with Crippen molar-refractivity contribution in [3.8, 4) is 11.5 Å². The molecule has 1 heterocycles. The average Bonchev–Trinajstić information content (AvgIpc) is 3.09. The van der Waals surface area contributed by atoms with E-state index < -0.39 is 21.3 Å². The minimum atomic E-state index is -4.24. The standard InChI is InChI=1S/C25H20ClNO6S2/c1-16-6-8-17(9-7-16)15-27-24(28)22(34-25(27)29)14-18-4-3-5-21(32-2)23(18)33-35(30,31)20-12-10-19(26)11-13-20/h3-14H,15H2,1-2H3/b22-14-. The van der Waals surface area contributed by atoms with Crippen LogP contribution in [0, 0.1) is 6.92 Å². The Labute approximate surface area is 212 Å². The first-order valence-corrected chi connectivity index (χ1v) is 13.0. The maximum atomic E-state index is 13.0. The normalized spacial score (nSPS) is 15.1. The third kappa shape index (κ3) is 5.53. The summed E-state index contributed by atoms with van der Waals surface area (Å²) in [6.45, 7) is 2.09. The molecule has 4 rings (SSSR count). The molecule has 0 N–H and O–H groups in total. The van der Waals surface area contributed by atoms with E-state index in [2.05, 4.69) is 0 Å². The lowest BCUT2D eigenvalue weighted by molar-refractivity contribution is -0.123. The predicted octanol–water partition coefficient (Wildman–Crippen LogP) is 5.66. The fraction of sp³-hybridized carbons (Fsp3) is 0.120. The minimum Gasteiger partial charge on any atom is -0.493 e. The first-order chi connectivity index (χ1) is 16.7. The van der Waals surface area contributed by atoms with Crippen LogP contribution in [0.5, 0.6) is 11.5 Å². The highest BCUT2D eigenvalue weighted by Crippen LogP contribution is 2.39. The molecule has 1 fully saturated rings. The number of carbonyl (C=O) groups is 2. The van der Waals surface area contributed by atoms with Crippen LogP contribution >= 0.6 is 23.4 Å². The Morgan fingerprint density at radius 1 is 1.00 bits per heavy atom. The van der Waals surface area contributed by atoms with E-state index in [-0.39, 0.29) is 33.4 Å². The average molecular weight is 530 g/mol. The van der Waals surface area contributed by atoms with Gasteiger partial charge in [-0.2, -0.15) is 8.42 Å². The Bertz CT molecular complexity index is 1420. The minimum absolute atomic E-state index is 0.0998. The third-order valence-corrected chi connectivity index (χ3v) is 7.54. The van der Waals surface area contributed by atoms with E-state index in [1.54, 1.807) is 12.1 Å². The van der Waals surface area contributed by atoms with Crippen molar-refractivity contribution < 1.29 is 26.9 Å². The van der Waals surface area contributed by atoms with Crippen molar-refractivity contribution in [2.75, 3.05) is 7.11 Å². The summed E-state index contributed by atoms with van der Waals surface area (Å²) in [5.74, 6) is -0.430. The second-order valence-corrected chi connectivity index (χ2v) is 10.6. The van der Waals surface area contributed by atoms with Gasteiger partial charge < -0.3 is 8.92 Å². The zero-order valence-corrected chi connectivity index (χ0v) is 21.1. The topological polar surface area (TPSA) is 90.0 Å². The molecule has 2 amide bonds. The Kier molecular flexibility index (Phi) is 7.20. The maximum absolute atomic E-state index is 13.0. The number of thioether (sulfide) groups is 1. The van der Waals surface area contributed by atoms with E-state index in [1.165, 1.54) is 43.5 Å². The Balaban J connectivity index is 1.65. The van der Waals surface area contributed by atoms with Crippen molar-refractivity contribution in [1.29, 1.82) is 0 Å². The number of hydrogen-bond acceptors (Lipinski definition) is 7. The summed E-state index contributed by atoms with van der Waals surface area (Å²) in [7, 11) is -2.86. The lowest BCUT2D eigenvalue weighted by Gasteiger charge is -2.14. The summed E-state index contributed by atoms with van der Waals surface area (Å²) < 4.78 is 36.5. The smallest absolute Gasteiger partial charge is 0.339 e. The summed E-state index contributed by atoms with van der Waals surface area (Å²) >= 11 is 6.63. The van der Waals surface area contributed by atoms with E-state index in [9.17, 15) is 18.0 Å². The zero-order valence-electron chi connectivity index (χ0n) is 18.7. The second-order valence-electron chi connectivity index (χ2n) is 7.62. The van der Waals surface area contributed by atoms with Crippen LogP contribution in [0.3, 0.4) is 0 Å². The number of aryl methyl sites for hydroxylation is 1. The number of amides is 2. The molecule has 1 aliphatic heterocycles. The molecule has 3 aromatic carbocycles. The highest BCUT2D eigenvalue weighted by Gasteiger charge is 2.35. The molecule has 0 atom stereocenters. The number of methoxy groups -OCH3 is 1. The fourth-order valence-corrected chi connectivity index (χ4v) is 5.23. The van der Waals surface area contributed by atoms with Gasteiger partial charge in [-0.05, 0) is 60.7 Å². The Hall–Kier alpha value is -3.27. The number of halogens is 1. The summed E-state index contributed by atoms with van der Waals surface area (Å²) in [5, 5.41) is -0.0377. The SMILES string of the molecule is COc1cccc(/C=C2\SC(=O)N(Cc3ccc(C)cc3)C2=O)c1OS(=O)(=O)c1ccc(Cl)cc1. The molecule has 3 aromatic rings. The van der Waals surface area contributed by atoms with Crippen molar-refractivity contribution in [1.82, 2.24) is 4.90 Å². The summed E-state index contributed by atoms with van der Waals surface area (Å²) in [4.78, 5) is 26.8. The van der Waals surface area contributed by atoms with Crippen LogP contribution in [-0.2, 0) is 21.5 Å². The molecule has 0 bridgehead atoms. The summed E-state index contributed by atoms with van der Waals surface area (Å²) in [6.07, 6.45) is 1.43.